The highest BCUT2D eigenvalue weighted by molar-refractivity contribution is 7.14. The van der Waals surface area contributed by atoms with E-state index in [1.165, 1.54) is 16.9 Å². The van der Waals surface area contributed by atoms with Gasteiger partial charge >= 0.3 is 0 Å². The molecule has 1 N–H and O–H groups in total. The second-order valence-corrected chi connectivity index (χ2v) is 6.19. The van der Waals surface area contributed by atoms with E-state index in [0.29, 0.717) is 0 Å². The van der Waals surface area contributed by atoms with Gasteiger partial charge in [-0.15, -0.1) is 11.3 Å². The molecule has 0 aromatic carbocycles. The van der Waals surface area contributed by atoms with Gasteiger partial charge in [0.1, 0.15) is 0 Å². The summed E-state index contributed by atoms with van der Waals surface area (Å²) in [6, 6.07) is 1.99. The summed E-state index contributed by atoms with van der Waals surface area (Å²) < 4.78 is 0. The number of rotatable bonds is 2. The predicted octanol–water partition coefficient (Wildman–Crippen LogP) is 2.70. The number of amides is 1. The molecular weight excluding hydrogens is 222 g/mol. The third-order valence-corrected chi connectivity index (χ3v) is 3.66. The molecule has 1 aliphatic carbocycles. The van der Waals surface area contributed by atoms with Gasteiger partial charge in [0.05, 0.1) is 10.5 Å². The van der Waals surface area contributed by atoms with E-state index in [2.05, 4.69) is 5.48 Å². The molecule has 0 radical (unpaired) electrons. The van der Waals surface area contributed by atoms with Gasteiger partial charge in [-0.25, -0.2) is 5.48 Å². The molecule has 0 aliphatic heterocycles. The van der Waals surface area contributed by atoms with E-state index in [4.69, 9.17) is 4.84 Å². The van der Waals surface area contributed by atoms with Crippen LogP contribution in [0.4, 0.5) is 0 Å². The number of hydroxylamine groups is 1. The molecule has 0 saturated carbocycles. The van der Waals surface area contributed by atoms with Crippen molar-refractivity contribution in [3.8, 4) is 0 Å². The minimum absolute atomic E-state index is 0.130. The van der Waals surface area contributed by atoms with Crippen LogP contribution in [0.2, 0.25) is 0 Å². The number of thiophene rings is 1. The molecule has 0 saturated heterocycles. The van der Waals surface area contributed by atoms with Gasteiger partial charge < -0.3 is 0 Å². The van der Waals surface area contributed by atoms with Gasteiger partial charge in [-0.2, -0.15) is 0 Å². The van der Waals surface area contributed by atoms with Gasteiger partial charge in [-0.1, -0.05) is 0 Å². The Morgan fingerprint density at radius 3 is 2.81 bits per heavy atom. The molecular formula is C12H17NO2S. The molecule has 16 heavy (non-hydrogen) atoms. The summed E-state index contributed by atoms with van der Waals surface area (Å²) >= 11 is 1.59. The van der Waals surface area contributed by atoms with Crippen LogP contribution in [0.15, 0.2) is 6.07 Å². The Hall–Kier alpha value is -0.870. The van der Waals surface area contributed by atoms with Gasteiger partial charge in [0.2, 0.25) is 0 Å². The van der Waals surface area contributed by atoms with Crippen LogP contribution in [0.1, 0.15) is 47.3 Å². The molecule has 1 aliphatic rings. The molecule has 1 heterocycles. The molecule has 1 aromatic rings. The number of fused-ring (bicyclic) bond motifs is 1. The number of carbonyl (C=O) groups excluding carboxylic acids is 1. The van der Waals surface area contributed by atoms with Gasteiger partial charge in [0.25, 0.3) is 5.91 Å². The standard InChI is InChI=1S/C12H17NO2S/c1-12(2,3)15-13-11(14)10-7-8-5-4-6-9(8)16-10/h7H,4-6H2,1-3H3,(H,13,14). The summed E-state index contributed by atoms with van der Waals surface area (Å²) in [5.41, 5.74) is 3.49. The molecule has 4 heteroatoms. The van der Waals surface area contributed by atoms with E-state index in [0.717, 1.165) is 17.7 Å². The van der Waals surface area contributed by atoms with Gasteiger partial charge in [-0.05, 0) is 51.7 Å². The predicted molar refractivity (Wildman–Crippen MR) is 64.6 cm³/mol. The topological polar surface area (TPSA) is 38.3 Å². The minimum Gasteiger partial charge on any atom is -0.268 e. The fourth-order valence-corrected chi connectivity index (χ4v) is 2.83. The highest BCUT2D eigenvalue weighted by Crippen LogP contribution is 2.30. The van der Waals surface area contributed by atoms with Crippen molar-refractivity contribution < 1.29 is 9.63 Å². The SMILES string of the molecule is CC(C)(C)ONC(=O)c1cc2c(s1)CCC2. The minimum atomic E-state index is -0.352. The molecule has 0 unspecified atom stereocenters. The normalized spacial score (nSPS) is 14.9. The Morgan fingerprint density at radius 1 is 1.44 bits per heavy atom. The quantitative estimate of drug-likeness (QED) is 0.806. The molecule has 2 rings (SSSR count). The first-order valence-electron chi connectivity index (χ1n) is 5.56. The first kappa shape index (κ1) is 11.6. The number of carbonyl (C=O) groups is 1. The second kappa shape index (κ2) is 4.18. The van der Waals surface area contributed by atoms with Crippen LogP contribution < -0.4 is 5.48 Å². The molecule has 0 bridgehead atoms. The van der Waals surface area contributed by atoms with E-state index >= 15 is 0 Å². The maximum absolute atomic E-state index is 11.8. The monoisotopic (exact) mass is 239 g/mol. The van der Waals surface area contributed by atoms with E-state index in [1.54, 1.807) is 11.3 Å². The smallest absolute Gasteiger partial charge is 0.268 e. The van der Waals surface area contributed by atoms with Crippen molar-refractivity contribution in [1.29, 1.82) is 0 Å². The lowest BCUT2D eigenvalue weighted by molar-refractivity contribution is -0.0588. The van der Waals surface area contributed by atoms with E-state index < -0.39 is 0 Å². The van der Waals surface area contributed by atoms with Crippen LogP contribution in [0, 0.1) is 0 Å². The fraction of sp³-hybridized carbons (Fsp3) is 0.583. The molecule has 0 fully saturated rings. The lowest BCUT2D eigenvalue weighted by atomic mass is 10.2. The maximum Gasteiger partial charge on any atom is 0.284 e. The van der Waals surface area contributed by atoms with Crippen LogP contribution in [0.5, 0.6) is 0 Å². The van der Waals surface area contributed by atoms with Gasteiger partial charge in [0.15, 0.2) is 0 Å². The number of hydrogen-bond acceptors (Lipinski definition) is 3. The van der Waals surface area contributed by atoms with E-state index in [1.807, 2.05) is 26.8 Å². The van der Waals surface area contributed by atoms with Crippen molar-refractivity contribution in [3.05, 3.63) is 21.4 Å². The lowest BCUT2D eigenvalue weighted by Gasteiger charge is -2.18. The van der Waals surface area contributed by atoms with Crippen LogP contribution in [0.3, 0.4) is 0 Å². The van der Waals surface area contributed by atoms with Crippen LogP contribution >= 0.6 is 11.3 Å². The van der Waals surface area contributed by atoms with Crippen LogP contribution in [-0.4, -0.2) is 11.5 Å². The Balaban J connectivity index is 1.99. The summed E-state index contributed by atoms with van der Waals surface area (Å²) in [4.78, 5) is 19.1. The maximum atomic E-state index is 11.8. The Labute approximate surface area is 99.8 Å². The highest BCUT2D eigenvalue weighted by Gasteiger charge is 2.20. The number of hydrogen-bond donors (Lipinski definition) is 1. The molecule has 1 amide bonds. The second-order valence-electron chi connectivity index (χ2n) is 5.06. The Kier molecular flexibility index (Phi) is 3.04. The summed E-state index contributed by atoms with van der Waals surface area (Å²) in [6.07, 6.45) is 3.45. The van der Waals surface area contributed by atoms with Crippen molar-refractivity contribution >= 4 is 17.2 Å². The van der Waals surface area contributed by atoms with E-state index in [-0.39, 0.29) is 11.5 Å². The first-order valence-corrected chi connectivity index (χ1v) is 6.37. The fourth-order valence-electron chi connectivity index (χ4n) is 1.69. The zero-order chi connectivity index (χ0) is 11.8. The first-order chi connectivity index (χ1) is 7.46. The molecule has 3 nitrogen and oxygen atoms in total. The van der Waals surface area contributed by atoms with Crippen molar-refractivity contribution in [2.75, 3.05) is 0 Å². The molecule has 1 aromatic heterocycles. The third-order valence-electron chi connectivity index (χ3n) is 2.42. The Bertz CT molecular complexity index is 382. The molecule has 0 spiro atoms. The third kappa shape index (κ3) is 2.62. The molecule has 88 valence electrons. The average molecular weight is 239 g/mol. The van der Waals surface area contributed by atoms with Crippen molar-refractivity contribution in [2.24, 2.45) is 0 Å². The molecule has 0 atom stereocenters. The highest BCUT2D eigenvalue weighted by atomic mass is 32.1. The zero-order valence-corrected chi connectivity index (χ0v) is 10.7. The van der Waals surface area contributed by atoms with Crippen LogP contribution in [-0.2, 0) is 17.7 Å². The lowest BCUT2D eigenvalue weighted by Crippen LogP contribution is -2.33. The van der Waals surface area contributed by atoms with E-state index in [9.17, 15) is 4.79 Å². The van der Waals surface area contributed by atoms with Crippen LogP contribution in [0.25, 0.3) is 0 Å². The number of nitrogens with one attached hydrogen (secondary N) is 1. The van der Waals surface area contributed by atoms with Crippen molar-refractivity contribution in [2.45, 2.75) is 45.6 Å². The van der Waals surface area contributed by atoms with Crippen molar-refractivity contribution in [1.82, 2.24) is 5.48 Å². The number of aryl methyl sites for hydroxylation is 2. The summed E-state index contributed by atoms with van der Waals surface area (Å²) in [7, 11) is 0. The van der Waals surface area contributed by atoms with Gasteiger partial charge in [-0.3, -0.25) is 9.63 Å². The largest absolute Gasteiger partial charge is 0.284 e. The van der Waals surface area contributed by atoms with Crippen molar-refractivity contribution in [3.63, 3.8) is 0 Å². The Morgan fingerprint density at radius 2 is 2.19 bits per heavy atom. The zero-order valence-electron chi connectivity index (χ0n) is 9.92. The van der Waals surface area contributed by atoms with Gasteiger partial charge in [0, 0.05) is 4.88 Å². The summed E-state index contributed by atoms with van der Waals surface area (Å²) in [5.74, 6) is -0.130. The average Bonchev–Trinajstić information content (AvgIpc) is 2.71. The summed E-state index contributed by atoms with van der Waals surface area (Å²) in [5, 5.41) is 0. The summed E-state index contributed by atoms with van der Waals surface area (Å²) in [6.45, 7) is 5.71.